The van der Waals surface area contributed by atoms with E-state index in [1.54, 1.807) is 57.8 Å². The normalized spacial score (nSPS) is 14.0. The van der Waals surface area contributed by atoms with Crippen LogP contribution in [0.5, 0.6) is 0 Å². The number of hydrogen-bond donors (Lipinski definition) is 4. The molecule has 5 rings (SSSR count). The number of fused-ring (bicyclic) bond motifs is 1. The number of aromatic nitrogens is 4. The maximum Gasteiger partial charge on any atom is 0.335 e. The smallest absolute Gasteiger partial charge is 0.335 e. The Morgan fingerprint density at radius 1 is 1.05 bits per heavy atom. The van der Waals surface area contributed by atoms with E-state index in [0.717, 1.165) is 5.56 Å². The molecule has 220 valence electrons. The lowest BCUT2D eigenvalue weighted by Crippen LogP contribution is -2.28. The zero-order valence-electron chi connectivity index (χ0n) is 23.5. The third-order valence-corrected chi connectivity index (χ3v) is 7.31. The Morgan fingerprint density at radius 3 is 2.58 bits per heavy atom. The predicted octanol–water partition coefficient (Wildman–Crippen LogP) is 4.43. The van der Waals surface area contributed by atoms with Crippen molar-refractivity contribution in [2.45, 2.75) is 38.8 Å². The molecular weight excluding hydrogens is 550 g/mol. The third kappa shape index (κ3) is 6.47. The van der Waals surface area contributed by atoms with Crippen LogP contribution in [-0.2, 0) is 17.8 Å². The van der Waals surface area contributed by atoms with Gasteiger partial charge in [-0.05, 0) is 73.5 Å². The van der Waals surface area contributed by atoms with Gasteiger partial charge in [0.1, 0.15) is 5.76 Å². The van der Waals surface area contributed by atoms with E-state index in [-0.39, 0.29) is 29.5 Å². The molecule has 0 saturated carbocycles. The van der Waals surface area contributed by atoms with Crippen LogP contribution in [-0.4, -0.2) is 52.9 Å². The second kappa shape index (κ2) is 12.7. The van der Waals surface area contributed by atoms with Gasteiger partial charge in [-0.1, -0.05) is 24.3 Å². The Hall–Kier alpha value is -5.29. The van der Waals surface area contributed by atoms with Crippen molar-refractivity contribution in [2.75, 3.05) is 6.54 Å². The van der Waals surface area contributed by atoms with Crippen LogP contribution < -0.4 is 11.0 Å². The minimum absolute atomic E-state index is 0.0648. The van der Waals surface area contributed by atoms with Crippen LogP contribution in [0.3, 0.4) is 0 Å². The largest absolute Gasteiger partial charge is 0.508 e. The number of carboxylic acids is 2. The van der Waals surface area contributed by atoms with Gasteiger partial charge in [0.25, 0.3) is 0 Å². The molecule has 1 aromatic carbocycles. The number of aliphatic carboxylic acids is 1. The van der Waals surface area contributed by atoms with E-state index in [1.165, 1.54) is 18.3 Å². The summed E-state index contributed by atoms with van der Waals surface area (Å²) in [5.41, 5.74) is 4.36. The summed E-state index contributed by atoms with van der Waals surface area (Å²) >= 11 is 0. The molecule has 1 unspecified atom stereocenters. The number of nitrogens with zero attached hydrogens (tertiary/aromatic N) is 4. The lowest BCUT2D eigenvalue weighted by Gasteiger charge is -2.13. The minimum Gasteiger partial charge on any atom is -0.508 e. The van der Waals surface area contributed by atoms with Gasteiger partial charge < -0.3 is 20.6 Å². The van der Waals surface area contributed by atoms with Crippen molar-refractivity contribution in [3.63, 3.8) is 0 Å². The zero-order chi connectivity index (χ0) is 30.5. The number of carbonyl (C=O) groups is 2. The molecule has 4 N–H and O–H groups in total. The molecule has 0 bridgehead atoms. The van der Waals surface area contributed by atoms with E-state index in [4.69, 9.17) is 5.11 Å². The SMILES string of the molecule is CC(CCNCc1cc(C(=O)O)ccn1)n1c(=O)n(C2=CC=C(c3ccc(CC(=O)O)cc3)C(O)=CC2)c2cccnc21. The highest BCUT2D eigenvalue weighted by molar-refractivity contribution is 5.87. The summed E-state index contributed by atoms with van der Waals surface area (Å²) in [5, 5.41) is 32.3. The maximum absolute atomic E-state index is 13.9. The summed E-state index contributed by atoms with van der Waals surface area (Å²) in [7, 11) is 0. The second-order valence-electron chi connectivity index (χ2n) is 10.3. The van der Waals surface area contributed by atoms with Crippen LogP contribution in [0.4, 0.5) is 0 Å². The standard InChI is InChI=1S/C32H31N5O6/c1-20(12-15-33-19-24-18-23(31(41)42)13-16-34-24)36-30-27(3-2-14-35-30)37(32(36)43)25-8-10-26(28(38)11-9-25)22-6-4-21(5-7-22)17-29(39)40/h2-8,10-11,13-14,16,18,20,33,38H,9,12,15,17,19H2,1H3,(H,39,40)(H,41,42). The van der Waals surface area contributed by atoms with Gasteiger partial charge in [0.05, 0.1) is 23.2 Å². The molecule has 0 radical (unpaired) electrons. The molecule has 0 aliphatic heterocycles. The van der Waals surface area contributed by atoms with Crippen molar-refractivity contribution in [2.24, 2.45) is 0 Å². The zero-order valence-corrected chi connectivity index (χ0v) is 23.5. The van der Waals surface area contributed by atoms with Gasteiger partial charge in [-0.2, -0.15) is 0 Å². The number of hydrogen-bond acceptors (Lipinski definition) is 7. The first-order valence-corrected chi connectivity index (χ1v) is 13.8. The Balaban J connectivity index is 1.37. The molecular formula is C32H31N5O6. The van der Waals surface area contributed by atoms with Crippen molar-refractivity contribution in [3.8, 4) is 0 Å². The van der Waals surface area contributed by atoms with Gasteiger partial charge in [-0.25, -0.2) is 14.6 Å². The second-order valence-corrected chi connectivity index (χ2v) is 10.3. The van der Waals surface area contributed by atoms with Gasteiger partial charge >= 0.3 is 17.6 Å². The monoisotopic (exact) mass is 581 g/mol. The summed E-state index contributed by atoms with van der Waals surface area (Å²) in [6.07, 6.45) is 9.16. The number of aliphatic hydroxyl groups excluding tert-OH is 1. The Labute approximate surface area is 246 Å². The van der Waals surface area contributed by atoms with Crippen LogP contribution in [0.25, 0.3) is 22.4 Å². The highest BCUT2D eigenvalue weighted by atomic mass is 16.4. The molecule has 3 heterocycles. The van der Waals surface area contributed by atoms with Gasteiger partial charge in [0.2, 0.25) is 0 Å². The van der Waals surface area contributed by atoms with Crippen molar-refractivity contribution in [1.82, 2.24) is 24.4 Å². The van der Waals surface area contributed by atoms with E-state index >= 15 is 0 Å². The van der Waals surface area contributed by atoms with Crippen LogP contribution >= 0.6 is 0 Å². The highest BCUT2D eigenvalue weighted by Gasteiger charge is 2.21. The number of imidazole rings is 1. The fourth-order valence-corrected chi connectivity index (χ4v) is 5.12. The lowest BCUT2D eigenvalue weighted by atomic mass is 10.0. The van der Waals surface area contributed by atoms with Crippen LogP contribution in [0.1, 0.15) is 53.0 Å². The van der Waals surface area contributed by atoms with Crippen LogP contribution in [0, 0.1) is 0 Å². The van der Waals surface area contributed by atoms with Crippen molar-refractivity contribution < 1.29 is 24.9 Å². The van der Waals surface area contributed by atoms with Gasteiger partial charge in [-0.15, -0.1) is 0 Å². The number of nitrogens with one attached hydrogen (secondary N) is 1. The first-order valence-electron chi connectivity index (χ1n) is 13.8. The Morgan fingerprint density at radius 2 is 1.84 bits per heavy atom. The van der Waals surface area contributed by atoms with E-state index < -0.39 is 11.9 Å². The molecule has 1 aliphatic rings. The predicted molar refractivity (Wildman–Crippen MR) is 162 cm³/mol. The van der Waals surface area contributed by atoms with Crippen molar-refractivity contribution in [3.05, 3.63) is 118 Å². The summed E-state index contributed by atoms with van der Waals surface area (Å²) in [6, 6.07) is 13.4. The van der Waals surface area contributed by atoms with Crippen LogP contribution in [0.15, 0.2) is 89.7 Å². The van der Waals surface area contributed by atoms with E-state index in [0.29, 0.717) is 59.6 Å². The average molecular weight is 582 g/mol. The molecule has 4 aromatic rings. The quantitative estimate of drug-likeness (QED) is 0.188. The van der Waals surface area contributed by atoms with Gasteiger partial charge in [0.15, 0.2) is 5.65 Å². The van der Waals surface area contributed by atoms with E-state index in [9.17, 15) is 24.6 Å². The molecule has 11 heteroatoms. The topological polar surface area (TPSA) is 160 Å². The molecule has 1 atom stereocenters. The average Bonchev–Trinajstić information content (AvgIpc) is 3.15. The number of carboxylic acid groups (broad SMARTS) is 2. The number of aromatic carboxylic acids is 1. The molecule has 0 spiro atoms. The third-order valence-electron chi connectivity index (χ3n) is 7.31. The molecule has 1 aliphatic carbocycles. The minimum atomic E-state index is -1.01. The summed E-state index contributed by atoms with van der Waals surface area (Å²) in [4.78, 5) is 44.8. The molecule has 0 amide bonds. The molecule has 0 saturated heterocycles. The summed E-state index contributed by atoms with van der Waals surface area (Å²) in [6.45, 7) is 2.90. The van der Waals surface area contributed by atoms with Crippen molar-refractivity contribution >= 4 is 34.4 Å². The fourth-order valence-electron chi connectivity index (χ4n) is 5.12. The molecule has 0 fully saturated rings. The highest BCUT2D eigenvalue weighted by Crippen LogP contribution is 2.29. The Bertz CT molecular complexity index is 1830. The number of aliphatic hydroxyl groups is 1. The summed E-state index contributed by atoms with van der Waals surface area (Å²) in [5.74, 6) is -1.86. The van der Waals surface area contributed by atoms with Crippen molar-refractivity contribution in [1.29, 1.82) is 0 Å². The van der Waals surface area contributed by atoms with Gasteiger partial charge in [0, 0.05) is 42.7 Å². The fraction of sp³-hybridized carbons (Fsp3) is 0.219. The first-order chi connectivity index (χ1) is 20.7. The maximum atomic E-state index is 13.9. The number of allylic oxidation sites excluding steroid dienone is 5. The summed E-state index contributed by atoms with van der Waals surface area (Å²) < 4.78 is 3.29. The number of rotatable bonds is 11. The number of pyridine rings is 2. The first kappa shape index (κ1) is 29.2. The molecule has 11 nitrogen and oxygen atoms in total. The Kier molecular flexibility index (Phi) is 8.63. The van der Waals surface area contributed by atoms with E-state index in [1.807, 2.05) is 19.1 Å². The lowest BCUT2D eigenvalue weighted by molar-refractivity contribution is -0.136. The van der Waals surface area contributed by atoms with E-state index in [2.05, 4.69) is 15.3 Å². The molecule has 3 aromatic heterocycles. The number of benzene rings is 1. The molecule has 43 heavy (non-hydrogen) atoms. The van der Waals surface area contributed by atoms with Crippen LogP contribution in [0.2, 0.25) is 0 Å². The van der Waals surface area contributed by atoms with Gasteiger partial charge in [-0.3, -0.25) is 18.9 Å².